The first-order valence-electron chi connectivity index (χ1n) is 7.15. The van der Waals surface area contributed by atoms with Crippen LogP contribution in [0.3, 0.4) is 0 Å². The van der Waals surface area contributed by atoms with Gasteiger partial charge in [-0.1, -0.05) is 38.8 Å². The molecule has 4 heteroatoms. The van der Waals surface area contributed by atoms with E-state index in [9.17, 15) is 9.59 Å². The molecule has 20 heavy (non-hydrogen) atoms. The van der Waals surface area contributed by atoms with Crippen molar-refractivity contribution in [2.75, 3.05) is 6.54 Å². The zero-order valence-electron chi connectivity index (χ0n) is 12.2. The van der Waals surface area contributed by atoms with Crippen molar-refractivity contribution in [3.8, 4) is 0 Å². The number of carbonyl (C=O) groups excluding carboxylic acids is 1. The molecule has 0 unspecified atom stereocenters. The highest BCUT2D eigenvalue weighted by Gasteiger charge is 2.07. The van der Waals surface area contributed by atoms with E-state index in [1.54, 1.807) is 24.3 Å². The van der Waals surface area contributed by atoms with Gasteiger partial charge in [0.1, 0.15) is 0 Å². The number of hydrogen-bond acceptors (Lipinski definition) is 2. The Morgan fingerprint density at radius 1 is 1.15 bits per heavy atom. The Hall–Kier alpha value is -1.84. The molecule has 0 fully saturated rings. The van der Waals surface area contributed by atoms with Crippen molar-refractivity contribution in [1.29, 1.82) is 0 Å². The molecular formula is C16H23NO3. The van der Waals surface area contributed by atoms with Crippen molar-refractivity contribution in [1.82, 2.24) is 5.32 Å². The summed E-state index contributed by atoms with van der Waals surface area (Å²) in [6, 6.07) is 6.66. The minimum atomic E-state index is -0.931. The number of carbonyl (C=O) groups is 2. The number of carboxylic acids is 1. The summed E-state index contributed by atoms with van der Waals surface area (Å²) in [5, 5.41) is 11.7. The second kappa shape index (κ2) is 8.35. The van der Waals surface area contributed by atoms with Crippen LogP contribution in [0.2, 0.25) is 0 Å². The largest absolute Gasteiger partial charge is 0.478 e. The second-order valence-electron chi connectivity index (χ2n) is 4.99. The molecular weight excluding hydrogens is 254 g/mol. The highest BCUT2D eigenvalue weighted by atomic mass is 16.4. The summed E-state index contributed by atoms with van der Waals surface area (Å²) in [6.45, 7) is 5.00. The maximum Gasteiger partial charge on any atom is 0.335 e. The third-order valence-electron chi connectivity index (χ3n) is 3.58. The normalized spacial score (nSPS) is 10.6. The van der Waals surface area contributed by atoms with Crippen LogP contribution in [-0.2, 0) is 11.2 Å². The molecule has 0 bridgehead atoms. The summed E-state index contributed by atoms with van der Waals surface area (Å²) in [7, 11) is 0. The quantitative estimate of drug-likeness (QED) is 0.768. The zero-order valence-corrected chi connectivity index (χ0v) is 12.2. The van der Waals surface area contributed by atoms with Crippen LogP contribution in [0, 0.1) is 5.92 Å². The van der Waals surface area contributed by atoms with Crippen LogP contribution in [0.4, 0.5) is 0 Å². The standard InChI is InChI=1S/C16H23NO3/c1-3-12(4-2)11-17-15(18)10-7-13-5-8-14(9-6-13)16(19)20/h5-6,8-9,12H,3-4,7,10-11H2,1-2H3,(H,17,18)(H,19,20). The maximum atomic E-state index is 11.7. The molecule has 0 saturated heterocycles. The molecule has 1 rings (SSSR count). The lowest BCUT2D eigenvalue weighted by Crippen LogP contribution is -2.29. The van der Waals surface area contributed by atoms with Crippen molar-refractivity contribution < 1.29 is 14.7 Å². The van der Waals surface area contributed by atoms with Gasteiger partial charge in [0.15, 0.2) is 0 Å². The number of nitrogens with one attached hydrogen (secondary N) is 1. The van der Waals surface area contributed by atoms with Gasteiger partial charge in [-0.15, -0.1) is 0 Å². The molecule has 1 amide bonds. The number of hydrogen-bond donors (Lipinski definition) is 2. The van der Waals surface area contributed by atoms with Crippen LogP contribution < -0.4 is 5.32 Å². The van der Waals surface area contributed by atoms with Crippen molar-refractivity contribution in [3.05, 3.63) is 35.4 Å². The van der Waals surface area contributed by atoms with Crippen LogP contribution in [0.15, 0.2) is 24.3 Å². The Morgan fingerprint density at radius 2 is 1.75 bits per heavy atom. The van der Waals surface area contributed by atoms with E-state index >= 15 is 0 Å². The minimum absolute atomic E-state index is 0.0548. The molecule has 2 N–H and O–H groups in total. The number of rotatable bonds is 8. The summed E-state index contributed by atoms with van der Waals surface area (Å²) in [4.78, 5) is 22.4. The van der Waals surface area contributed by atoms with Gasteiger partial charge in [-0.05, 0) is 30.0 Å². The van der Waals surface area contributed by atoms with Gasteiger partial charge < -0.3 is 10.4 Å². The number of amides is 1. The van der Waals surface area contributed by atoms with Gasteiger partial charge in [0, 0.05) is 13.0 Å². The number of aromatic carboxylic acids is 1. The highest BCUT2D eigenvalue weighted by molar-refractivity contribution is 5.87. The van der Waals surface area contributed by atoms with Gasteiger partial charge in [0.05, 0.1) is 5.56 Å². The third kappa shape index (κ3) is 5.43. The molecule has 1 aromatic rings. The fourth-order valence-electron chi connectivity index (χ4n) is 2.00. The van der Waals surface area contributed by atoms with E-state index in [1.165, 1.54) is 0 Å². The van der Waals surface area contributed by atoms with E-state index in [-0.39, 0.29) is 11.5 Å². The monoisotopic (exact) mass is 277 g/mol. The van der Waals surface area contributed by atoms with Crippen molar-refractivity contribution in [3.63, 3.8) is 0 Å². The lowest BCUT2D eigenvalue weighted by molar-refractivity contribution is -0.121. The Labute approximate surface area is 120 Å². The number of aryl methyl sites for hydroxylation is 1. The number of carboxylic acid groups (broad SMARTS) is 1. The molecule has 1 aromatic carbocycles. The SMILES string of the molecule is CCC(CC)CNC(=O)CCc1ccc(C(=O)O)cc1. The van der Waals surface area contributed by atoms with Crippen LogP contribution in [-0.4, -0.2) is 23.5 Å². The smallest absolute Gasteiger partial charge is 0.335 e. The third-order valence-corrected chi connectivity index (χ3v) is 3.58. The lowest BCUT2D eigenvalue weighted by Gasteiger charge is -2.13. The molecule has 0 aliphatic rings. The van der Waals surface area contributed by atoms with E-state index in [4.69, 9.17) is 5.11 Å². The molecule has 0 aromatic heterocycles. The first-order valence-corrected chi connectivity index (χ1v) is 7.15. The molecule has 110 valence electrons. The topological polar surface area (TPSA) is 66.4 Å². The van der Waals surface area contributed by atoms with Crippen LogP contribution >= 0.6 is 0 Å². The fourth-order valence-corrected chi connectivity index (χ4v) is 2.00. The number of benzene rings is 1. The summed E-state index contributed by atoms with van der Waals surface area (Å²) in [5.41, 5.74) is 1.25. The van der Waals surface area contributed by atoms with Gasteiger partial charge in [-0.3, -0.25) is 4.79 Å². The first kappa shape index (κ1) is 16.2. The van der Waals surface area contributed by atoms with Crippen molar-refractivity contribution >= 4 is 11.9 Å². The zero-order chi connectivity index (χ0) is 15.0. The average Bonchev–Trinajstić information content (AvgIpc) is 2.46. The second-order valence-corrected chi connectivity index (χ2v) is 4.99. The highest BCUT2D eigenvalue weighted by Crippen LogP contribution is 2.08. The maximum absolute atomic E-state index is 11.7. The van der Waals surface area contributed by atoms with Crippen LogP contribution in [0.1, 0.15) is 49.0 Å². The molecule has 0 radical (unpaired) electrons. The fraction of sp³-hybridized carbons (Fsp3) is 0.500. The van der Waals surface area contributed by atoms with Crippen LogP contribution in [0.25, 0.3) is 0 Å². The molecule has 0 saturated carbocycles. The van der Waals surface area contributed by atoms with E-state index < -0.39 is 5.97 Å². The molecule has 0 aliphatic heterocycles. The van der Waals surface area contributed by atoms with Gasteiger partial charge in [0.25, 0.3) is 0 Å². The Kier molecular flexibility index (Phi) is 6.77. The van der Waals surface area contributed by atoms with E-state index in [1.807, 2.05) is 0 Å². The molecule has 0 atom stereocenters. The van der Waals surface area contributed by atoms with Gasteiger partial charge in [-0.2, -0.15) is 0 Å². The predicted molar refractivity (Wildman–Crippen MR) is 78.8 cm³/mol. The van der Waals surface area contributed by atoms with Crippen molar-refractivity contribution in [2.45, 2.75) is 39.5 Å². The van der Waals surface area contributed by atoms with E-state index in [0.717, 1.165) is 24.9 Å². The Balaban J connectivity index is 2.35. The Bertz CT molecular complexity index is 436. The van der Waals surface area contributed by atoms with Gasteiger partial charge >= 0.3 is 5.97 Å². The summed E-state index contributed by atoms with van der Waals surface area (Å²) in [5.74, 6) is -0.326. The summed E-state index contributed by atoms with van der Waals surface area (Å²) in [6.07, 6.45) is 3.22. The predicted octanol–water partition coefficient (Wildman–Crippen LogP) is 2.87. The molecule has 0 heterocycles. The van der Waals surface area contributed by atoms with E-state index in [2.05, 4.69) is 19.2 Å². The Morgan fingerprint density at radius 3 is 2.25 bits per heavy atom. The van der Waals surface area contributed by atoms with Crippen LogP contribution in [0.5, 0.6) is 0 Å². The molecule has 0 spiro atoms. The minimum Gasteiger partial charge on any atom is -0.478 e. The molecule has 0 aliphatic carbocycles. The van der Waals surface area contributed by atoms with Crippen molar-refractivity contribution in [2.24, 2.45) is 5.92 Å². The summed E-state index contributed by atoms with van der Waals surface area (Å²) >= 11 is 0. The lowest BCUT2D eigenvalue weighted by atomic mass is 10.0. The van der Waals surface area contributed by atoms with E-state index in [0.29, 0.717) is 18.8 Å². The summed E-state index contributed by atoms with van der Waals surface area (Å²) < 4.78 is 0. The average molecular weight is 277 g/mol. The molecule has 4 nitrogen and oxygen atoms in total. The van der Waals surface area contributed by atoms with Gasteiger partial charge in [0.2, 0.25) is 5.91 Å². The van der Waals surface area contributed by atoms with Gasteiger partial charge in [-0.25, -0.2) is 4.79 Å². The first-order chi connectivity index (χ1) is 9.56.